The number of hydrogen-bond donors (Lipinski definition) is 1. The molecule has 1 amide bonds. The first-order valence-electron chi connectivity index (χ1n) is 8.53. The van der Waals surface area contributed by atoms with Crippen molar-refractivity contribution in [3.63, 3.8) is 0 Å². The summed E-state index contributed by atoms with van der Waals surface area (Å²) < 4.78 is 23.6. The Kier molecular flexibility index (Phi) is 4.49. The zero-order valence-corrected chi connectivity index (χ0v) is 15.2. The number of aryl methyl sites for hydroxylation is 1. The molecular weight excluding hydrogens is 361 g/mol. The van der Waals surface area contributed by atoms with Gasteiger partial charge in [0.2, 0.25) is 0 Å². The number of carbonyl (C=O) groups excluding carboxylic acids is 1. The van der Waals surface area contributed by atoms with Crippen molar-refractivity contribution in [2.24, 2.45) is 0 Å². The lowest BCUT2D eigenvalue weighted by molar-refractivity contribution is 0.102. The molecule has 2 aromatic carbocycles. The van der Waals surface area contributed by atoms with Gasteiger partial charge in [-0.05, 0) is 61.5 Å². The first-order valence-corrected chi connectivity index (χ1v) is 8.53. The topological polar surface area (TPSA) is 77.2 Å². The number of fused-ring (bicyclic) bond motifs is 1. The summed E-state index contributed by atoms with van der Waals surface area (Å²) in [7, 11) is 1.58. The second-order valence-corrected chi connectivity index (χ2v) is 6.19. The predicted molar refractivity (Wildman–Crippen MR) is 103 cm³/mol. The third-order valence-electron chi connectivity index (χ3n) is 4.35. The van der Waals surface area contributed by atoms with Crippen LogP contribution in [0.3, 0.4) is 0 Å². The Labute approximate surface area is 159 Å². The third-order valence-corrected chi connectivity index (χ3v) is 4.35. The van der Waals surface area contributed by atoms with Gasteiger partial charge >= 0.3 is 0 Å². The van der Waals surface area contributed by atoms with E-state index in [0.717, 1.165) is 0 Å². The second kappa shape index (κ2) is 7.11. The van der Waals surface area contributed by atoms with Crippen molar-refractivity contribution in [3.8, 4) is 17.0 Å². The molecule has 0 bridgehead atoms. The summed E-state index contributed by atoms with van der Waals surface area (Å²) in [6.07, 6.45) is 0. The largest absolute Gasteiger partial charge is 0.497 e. The van der Waals surface area contributed by atoms with Gasteiger partial charge in [0.05, 0.1) is 29.4 Å². The summed E-state index contributed by atoms with van der Waals surface area (Å²) in [6.45, 7) is 1.75. The normalized spacial score (nSPS) is 10.8. The van der Waals surface area contributed by atoms with Crippen LogP contribution in [0.2, 0.25) is 0 Å². The minimum Gasteiger partial charge on any atom is -0.497 e. The molecule has 6 nitrogen and oxygen atoms in total. The number of amides is 1. The maximum Gasteiger partial charge on any atom is 0.259 e. The molecule has 140 valence electrons. The van der Waals surface area contributed by atoms with Crippen molar-refractivity contribution < 1.29 is 18.4 Å². The van der Waals surface area contributed by atoms with Crippen LogP contribution in [0.5, 0.6) is 5.75 Å². The summed E-state index contributed by atoms with van der Waals surface area (Å²) in [5.41, 5.74) is 2.96. The van der Waals surface area contributed by atoms with E-state index in [-0.39, 0.29) is 17.4 Å². The fourth-order valence-electron chi connectivity index (χ4n) is 2.92. The number of aromatic nitrogens is 2. The average Bonchev–Trinajstić information content (AvgIpc) is 3.09. The maximum absolute atomic E-state index is 13.2. The third kappa shape index (κ3) is 3.29. The van der Waals surface area contributed by atoms with Gasteiger partial charge in [-0.3, -0.25) is 4.79 Å². The fraction of sp³-hybridized carbons (Fsp3) is 0.0952. The monoisotopic (exact) mass is 377 g/mol. The highest BCUT2D eigenvalue weighted by molar-refractivity contribution is 6.13. The van der Waals surface area contributed by atoms with Gasteiger partial charge in [0.1, 0.15) is 11.6 Å². The fourth-order valence-corrected chi connectivity index (χ4v) is 2.92. The number of benzene rings is 2. The molecule has 0 aliphatic rings. The summed E-state index contributed by atoms with van der Waals surface area (Å²) in [4.78, 5) is 17.4. The molecular formula is C21H16FN3O3. The summed E-state index contributed by atoms with van der Waals surface area (Å²) >= 11 is 0. The Morgan fingerprint density at radius 3 is 2.50 bits per heavy atom. The molecule has 2 aromatic heterocycles. The van der Waals surface area contributed by atoms with E-state index in [9.17, 15) is 9.18 Å². The Morgan fingerprint density at radius 2 is 1.82 bits per heavy atom. The molecule has 0 saturated carbocycles. The van der Waals surface area contributed by atoms with Crippen molar-refractivity contribution in [2.45, 2.75) is 6.92 Å². The van der Waals surface area contributed by atoms with E-state index in [4.69, 9.17) is 9.26 Å². The van der Waals surface area contributed by atoms with Gasteiger partial charge in [-0.15, -0.1) is 0 Å². The number of ether oxygens (including phenoxy) is 1. The molecule has 0 spiro atoms. The van der Waals surface area contributed by atoms with Gasteiger partial charge in [0, 0.05) is 11.3 Å². The van der Waals surface area contributed by atoms with Crippen molar-refractivity contribution in [3.05, 3.63) is 71.7 Å². The van der Waals surface area contributed by atoms with Gasteiger partial charge in [0.15, 0.2) is 0 Å². The quantitative estimate of drug-likeness (QED) is 0.562. The lowest BCUT2D eigenvalue weighted by Gasteiger charge is -2.09. The van der Waals surface area contributed by atoms with Crippen LogP contribution in [-0.4, -0.2) is 23.2 Å². The molecule has 7 heteroatoms. The number of rotatable bonds is 4. The highest BCUT2D eigenvalue weighted by atomic mass is 19.1. The van der Waals surface area contributed by atoms with E-state index >= 15 is 0 Å². The SMILES string of the molecule is COc1ccc(NC(=O)c2cc(-c3ccc(F)cc3)nc3onc(C)c23)cc1. The lowest BCUT2D eigenvalue weighted by atomic mass is 10.0. The molecule has 0 aliphatic carbocycles. The van der Waals surface area contributed by atoms with Gasteiger partial charge in [-0.1, -0.05) is 5.16 Å². The highest BCUT2D eigenvalue weighted by Crippen LogP contribution is 2.28. The first kappa shape index (κ1) is 17.7. The molecule has 0 saturated heterocycles. The smallest absolute Gasteiger partial charge is 0.259 e. The number of carbonyl (C=O) groups is 1. The van der Waals surface area contributed by atoms with E-state index in [2.05, 4.69) is 15.5 Å². The van der Waals surface area contributed by atoms with E-state index in [1.165, 1.54) is 12.1 Å². The van der Waals surface area contributed by atoms with Crippen LogP contribution in [0.15, 0.2) is 59.1 Å². The average molecular weight is 377 g/mol. The van der Waals surface area contributed by atoms with Gasteiger partial charge < -0.3 is 14.6 Å². The Hall–Kier alpha value is -3.74. The van der Waals surface area contributed by atoms with Crippen LogP contribution in [0.1, 0.15) is 16.1 Å². The molecule has 0 aliphatic heterocycles. The van der Waals surface area contributed by atoms with E-state index in [0.29, 0.717) is 39.3 Å². The number of hydrogen-bond acceptors (Lipinski definition) is 5. The molecule has 0 radical (unpaired) electrons. The van der Waals surface area contributed by atoms with Crippen LogP contribution < -0.4 is 10.1 Å². The van der Waals surface area contributed by atoms with Crippen molar-refractivity contribution in [2.75, 3.05) is 12.4 Å². The summed E-state index contributed by atoms with van der Waals surface area (Å²) in [6, 6.07) is 14.5. The zero-order chi connectivity index (χ0) is 19.7. The molecule has 0 unspecified atom stereocenters. The van der Waals surface area contributed by atoms with Crippen molar-refractivity contribution in [1.29, 1.82) is 0 Å². The van der Waals surface area contributed by atoms with E-state index in [1.807, 2.05) is 0 Å². The maximum atomic E-state index is 13.2. The Morgan fingerprint density at radius 1 is 1.11 bits per heavy atom. The molecule has 0 atom stereocenters. The lowest BCUT2D eigenvalue weighted by Crippen LogP contribution is -2.13. The molecule has 0 fully saturated rings. The predicted octanol–water partition coefficient (Wildman–Crippen LogP) is 4.60. The number of nitrogens with one attached hydrogen (secondary N) is 1. The van der Waals surface area contributed by atoms with Crippen LogP contribution in [0.25, 0.3) is 22.4 Å². The van der Waals surface area contributed by atoms with Crippen LogP contribution >= 0.6 is 0 Å². The Bertz CT molecular complexity index is 1150. The summed E-state index contributed by atoms with van der Waals surface area (Å²) in [5.74, 6) is 0.0165. The number of methoxy groups -OCH3 is 1. The van der Waals surface area contributed by atoms with Gasteiger partial charge in [-0.25, -0.2) is 9.37 Å². The highest BCUT2D eigenvalue weighted by Gasteiger charge is 2.19. The van der Waals surface area contributed by atoms with E-state index < -0.39 is 0 Å². The number of pyridine rings is 1. The van der Waals surface area contributed by atoms with Crippen molar-refractivity contribution in [1.82, 2.24) is 10.1 Å². The molecule has 1 N–H and O–H groups in total. The van der Waals surface area contributed by atoms with Crippen molar-refractivity contribution >= 4 is 22.7 Å². The van der Waals surface area contributed by atoms with E-state index in [1.54, 1.807) is 56.5 Å². The second-order valence-electron chi connectivity index (χ2n) is 6.19. The number of halogens is 1. The molecule has 4 rings (SSSR count). The van der Waals surface area contributed by atoms with Crippen LogP contribution in [0, 0.1) is 12.7 Å². The van der Waals surface area contributed by atoms with Crippen LogP contribution in [-0.2, 0) is 0 Å². The summed E-state index contributed by atoms with van der Waals surface area (Å²) in [5, 5.41) is 7.32. The number of anilines is 1. The molecule has 2 heterocycles. The zero-order valence-electron chi connectivity index (χ0n) is 15.2. The standard InChI is InChI=1S/C21H16FN3O3/c1-12-19-17(20(26)23-15-7-9-16(27-2)10-8-15)11-18(24-21(19)28-25-12)13-3-5-14(22)6-4-13/h3-11H,1-2H3,(H,23,26). The Balaban J connectivity index is 1.76. The molecule has 4 aromatic rings. The minimum absolute atomic E-state index is 0.249. The van der Waals surface area contributed by atoms with Gasteiger partial charge in [0.25, 0.3) is 11.6 Å². The minimum atomic E-state index is -0.349. The number of nitrogens with zero attached hydrogens (tertiary/aromatic N) is 2. The van der Waals surface area contributed by atoms with Crippen LogP contribution in [0.4, 0.5) is 10.1 Å². The first-order chi connectivity index (χ1) is 13.5. The van der Waals surface area contributed by atoms with Gasteiger partial charge in [-0.2, -0.15) is 0 Å². The molecule has 28 heavy (non-hydrogen) atoms.